The van der Waals surface area contributed by atoms with Gasteiger partial charge in [-0.05, 0) is 12.1 Å². The Balaban J connectivity index is 2.53. The first-order chi connectivity index (χ1) is 5.50. The number of hydrogen-bond donors (Lipinski definition) is 1. The van der Waals surface area contributed by atoms with Crippen LogP contribution in [0.25, 0.3) is 0 Å². The second-order valence-corrected chi connectivity index (χ2v) is 3.30. The van der Waals surface area contributed by atoms with Crippen LogP contribution >= 0.6 is 11.8 Å². The summed E-state index contributed by atoms with van der Waals surface area (Å²) < 4.78 is 35.8. The monoisotopic (exact) mass is 198 g/mol. The maximum absolute atomic E-state index is 11.9. The molecule has 0 aliphatic rings. The first-order valence-corrected chi connectivity index (χ1v) is 3.85. The van der Waals surface area contributed by atoms with E-state index >= 15 is 0 Å². The van der Waals surface area contributed by atoms with Crippen molar-refractivity contribution in [2.24, 2.45) is 0 Å². The van der Waals surface area contributed by atoms with Crippen LogP contribution in [-0.4, -0.2) is 32.1 Å². The highest BCUT2D eigenvalue weighted by atomic mass is 32.2. The van der Waals surface area contributed by atoms with Crippen molar-refractivity contribution >= 4 is 11.8 Å². The largest absolute Gasteiger partial charge is 0.400 e. The minimum absolute atomic E-state index is 0.000162. The Morgan fingerprint density at radius 1 is 1.50 bits per heavy atom. The van der Waals surface area contributed by atoms with E-state index in [2.05, 4.69) is 20.6 Å². The van der Waals surface area contributed by atoms with Gasteiger partial charge in [-0.25, -0.2) is 0 Å². The smallest absolute Gasteiger partial charge is 0.176 e. The first-order valence-electron chi connectivity index (χ1n) is 2.97. The van der Waals surface area contributed by atoms with E-state index in [-0.39, 0.29) is 5.16 Å². The molecular formula is C4H5F3N4S. The average molecular weight is 198 g/mol. The van der Waals surface area contributed by atoms with Gasteiger partial charge in [0.25, 0.3) is 0 Å². The first kappa shape index (κ1) is 9.30. The molecule has 0 saturated carbocycles. The summed E-state index contributed by atoms with van der Waals surface area (Å²) in [4.78, 5) is 0. The molecule has 1 N–H and O–H groups in total. The van der Waals surface area contributed by atoms with Crippen LogP contribution in [0.2, 0.25) is 0 Å². The summed E-state index contributed by atoms with van der Waals surface area (Å²) in [6, 6.07) is 0. The van der Waals surface area contributed by atoms with Gasteiger partial charge in [0, 0.05) is 0 Å². The van der Waals surface area contributed by atoms with Gasteiger partial charge >= 0.3 is 6.18 Å². The predicted molar refractivity (Wildman–Crippen MR) is 35.6 cm³/mol. The molecule has 0 fully saturated rings. The maximum Gasteiger partial charge on any atom is 0.400 e. The van der Waals surface area contributed by atoms with Gasteiger partial charge in [0.05, 0.1) is 0 Å². The molecule has 0 radical (unpaired) electrons. The topological polar surface area (TPSA) is 54.5 Å². The number of tetrazole rings is 1. The van der Waals surface area contributed by atoms with E-state index in [0.717, 1.165) is 6.92 Å². The van der Waals surface area contributed by atoms with E-state index in [9.17, 15) is 13.2 Å². The second kappa shape index (κ2) is 3.30. The highest BCUT2D eigenvalue weighted by Crippen LogP contribution is 2.32. The summed E-state index contributed by atoms with van der Waals surface area (Å²) in [6.45, 7) is 1.04. The SMILES string of the molecule is CC(Sc1nn[nH]n1)C(F)(F)F. The third-order valence-corrected chi connectivity index (χ3v) is 2.07. The lowest BCUT2D eigenvalue weighted by atomic mass is 10.5. The molecule has 0 aliphatic carbocycles. The fourth-order valence-corrected chi connectivity index (χ4v) is 1.06. The molecule has 1 aromatic heterocycles. The average Bonchev–Trinajstić information content (AvgIpc) is 2.37. The Hall–Kier alpha value is -0.790. The Morgan fingerprint density at radius 2 is 2.17 bits per heavy atom. The zero-order valence-electron chi connectivity index (χ0n) is 5.96. The highest BCUT2D eigenvalue weighted by Gasteiger charge is 2.37. The number of alkyl halides is 3. The summed E-state index contributed by atoms with van der Waals surface area (Å²) in [5.41, 5.74) is 0. The molecule has 1 unspecified atom stereocenters. The number of nitrogens with zero attached hydrogens (tertiary/aromatic N) is 3. The number of aromatic nitrogens is 4. The Morgan fingerprint density at radius 3 is 2.58 bits per heavy atom. The van der Waals surface area contributed by atoms with Crippen LogP contribution in [0, 0.1) is 0 Å². The molecule has 1 atom stereocenters. The zero-order valence-corrected chi connectivity index (χ0v) is 6.78. The van der Waals surface area contributed by atoms with Crippen LogP contribution in [0.3, 0.4) is 0 Å². The fourth-order valence-electron chi connectivity index (χ4n) is 0.427. The van der Waals surface area contributed by atoms with Gasteiger partial charge < -0.3 is 0 Å². The molecule has 8 heteroatoms. The lowest BCUT2D eigenvalue weighted by molar-refractivity contribution is -0.125. The summed E-state index contributed by atoms with van der Waals surface area (Å²) in [7, 11) is 0. The number of rotatable bonds is 2. The Labute approximate surface area is 69.9 Å². The standard InChI is InChI=1S/C4H5F3N4S/c1-2(4(5,6)7)12-3-8-10-11-9-3/h2H,1H3,(H,8,9,10,11). The molecule has 0 bridgehead atoms. The van der Waals surface area contributed by atoms with Crippen LogP contribution in [-0.2, 0) is 0 Å². The third-order valence-electron chi connectivity index (χ3n) is 1.07. The van der Waals surface area contributed by atoms with Crippen LogP contribution in [0.15, 0.2) is 5.16 Å². The summed E-state index contributed by atoms with van der Waals surface area (Å²) in [5, 5.41) is 10.5. The number of halogens is 3. The van der Waals surface area contributed by atoms with E-state index in [0.29, 0.717) is 11.8 Å². The molecule has 0 spiro atoms. The summed E-state index contributed by atoms with van der Waals surface area (Å²) >= 11 is 0.516. The van der Waals surface area contributed by atoms with Gasteiger partial charge in [0.1, 0.15) is 5.25 Å². The Kier molecular flexibility index (Phi) is 2.55. The van der Waals surface area contributed by atoms with E-state index in [1.54, 1.807) is 0 Å². The van der Waals surface area contributed by atoms with Crippen molar-refractivity contribution in [3.05, 3.63) is 0 Å². The number of hydrogen-bond acceptors (Lipinski definition) is 4. The van der Waals surface area contributed by atoms with Gasteiger partial charge in [0.2, 0.25) is 5.16 Å². The lowest BCUT2D eigenvalue weighted by Gasteiger charge is -2.11. The van der Waals surface area contributed by atoms with Gasteiger partial charge in [-0.3, -0.25) is 0 Å². The van der Waals surface area contributed by atoms with Gasteiger partial charge in [-0.15, -0.1) is 10.2 Å². The van der Waals surface area contributed by atoms with Crippen molar-refractivity contribution in [3.63, 3.8) is 0 Å². The normalized spacial score (nSPS) is 14.7. The van der Waals surface area contributed by atoms with Crippen molar-refractivity contribution in [1.29, 1.82) is 0 Å². The van der Waals surface area contributed by atoms with E-state index in [4.69, 9.17) is 0 Å². The van der Waals surface area contributed by atoms with Gasteiger partial charge in [-0.2, -0.15) is 18.4 Å². The molecule has 0 saturated heterocycles. The summed E-state index contributed by atoms with van der Waals surface area (Å²) in [6.07, 6.45) is -4.23. The van der Waals surface area contributed by atoms with Crippen molar-refractivity contribution < 1.29 is 13.2 Å². The molecule has 1 aromatic rings. The van der Waals surface area contributed by atoms with Gasteiger partial charge in [0.15, 0.2) is 0 Å². The van der Waals surface area contributed by atoms with E-state index in [1.807, 2.05) is 0 Å². The molecule has 0 amide bonds. The van der Waals surface area contributed by atoms with Crippen molar-refractivity contribution in [2.75, 3.05) is 0 Å². The van der Waals surface area contributed by atoms with E-state index < -0.39 is 11.4 Å². The fraction of sp³-hybridized carbons (Fsp3) is 0.750. The number of H-pyrrole nitrogens is 1. The molecule has 1 heterocycles. The summed E-state index contributed by atoms with van der Waals surface area (Å²) in [5.74, 6) is 0. The van der Waals surface area contributed by atoms with Crippen molar-refractivity contribution in [3.8, 4) is 0 Å². The molecule has 4 nitrogen and oxygen atoms in total. The van der Waals surface area contributed by atoms with Crippen LogP contribution in [0.4, 0.5) is 13.2 Å². The second-order valence-electron chi connectivity index (χ2n) is 2.00. The molecule has 68 valence electrons. The minimum atomic E-state index is -4.23. The Bertz CT molecular complexity index is 233. The molecule has 0 aliphatic heterocycles. The predicted octanol–water partition coefficient (Wildman–Crippen LogP) is 1.24. The van der Waals surface area contributed by atoms with Crippen molar-refractivity contribution in [1.82, 2.24) is 20.6 Å². The van der Waals surface area contributed by atoms with E-state index in [1.165, 1.54) is 0 Å². The molecule has 12 heavy (non-hydrogen) atoms. The van der Waals surface area contributed by atoms with Crippen LogP contribution < -0.4 is 0 Å². The number of thioether (sulfide) groups is 1. The maximum atomic E-state index is 11.9. The highest BCUT2D eigenvalue weighted by molar-refractivity contribution is 7.99. The zero-order chi connectivity index (χ0) is 9.19. The molecule has 1 rings (SSSR count). The van der Waals surface area contributed by atoms with Crippen LogP contribution in [0.5, 0.6) is 0 Å². The molecular weight excluding hydrogens is 193 g/mol. The third kappa shape index (κ3) is 2.36. The number of aromatic amines is 1. The van der Waals surface area contributed by atoms with Crippen LogP contribution in [0.1, 0.15) is 6.92 Å². The van der Waals surface area contributed by atoms with Crippen molar-refractivity contribution in [2.45, 2.75) is 23.5 Å². The minimum Gasteiger partial charge on any atom is -0.176 e. The molecule has 0 aromatic carbocycles. The lowest BCUT2D eigenvalue weighted by Crippen LogP contribution is -2.22. The number of nitrogens with one attached hydrogen (secondary N) is 1. The quantitative estimate of drug-likeness (QED) is 0.726. The van der Waals surface area contributed by atoms with Gasteiger partial charge in [-0.1, -0.05) is 11.8 Å².